The van der Waals surface area contributed by atoms with Crippen molar-refractivity contribution < 1.29 is 4.79 Å². The highest BCUT2D eigenvalue weighted by Gasteiger charge is 2.21. The molecule has 0 spiro atoms. The second-order valence-corrected chi connectivity index (χ2v) is 6.14. The van der Waals surface area contributed by atoms with Crippen molar-refractivity contribution in [3.63, 3.8) is 0 Å². The van der Waals surface area contributed by atoms with Crippen LogP contribution in [0.1, 0.15) is 10.4 Å². The van der Waals surface area contributed by atoms with Crippen LogP contribution < -0.4 is 15.5 Å². The average molecular weight is 299 g/mol. The van der Waals surface area contributed by atoms with Crippen molar-refractivity contribution in [2.24, 2.45) is 0 Å². The molecule has 2 N–H and O–H groups in total. The third-order valence-electron chi connectivity index (χ3n) is 3.46. The van der Waals surface area contributed by atoms with Crippen LogP contribution in [-0.4, -0.2) is 27.1 Å². The number of rotatable bonds is 2. The Balaban J connectivity index is 2.04. The monoisotopic (exact) mass is 299 g/mol. The minimum atomic E-state index is -0.0756. The first-order valence-corrected chi connectivity index (χ1v) is 7.53. The fraction of sp³-hybridized carbons (Fsp3) is 0.188. The molecule has 0 saturated carbocycles. The van der Waals surface area contributed by atoms with Crippen LogP contribution in [0.25, 0.3) is 0 Å². The molecule has 0 bridgehead atoms. The summed E-state index contributed by atoms with van der Waals surface area (Å²) in [6, 6.07) is 12.1. The maximum atomic E-state index is 12.0. The summed E-state index contributed by atoms with van der Waals surface area (Å²) in [5.41, 5.74) is 3.75. The lowest BCUT2D eigenvalue weighted by atomic mass is 10.1. The summed E-state index contributed by atoms with van der Waals surface area (Å²) in [6.07, 6.45) is 0. The van der Waals surface area contributed by atoms with E-state index in [2.05, 4.69) is 33.7 Å². The van der Waals surface area contributed by atoms with Crippen molar-refractivity contribution in [2.75, 3.05) is 31.4 Å². The molecule has 4 nitrogen and oxygen atoms in total. The summed E-state index contributed by atoms with van der Waals surface area (Å²) in [4.78, 5) is 16.3. The highest BCUT2D eigenvalue weighted by atomic mass is 32.2. The van der Waals surface area contributed by atoms with Gasteiger partial charge in [0.15, 0.2) is 0 Å². The van der Waals surface area contributed by atoms with Gasteiger partial charge in [0.2, 0.25) is 0 Å². The van der Waals surface area contributed by atoms with Crippen LogP contribution in [0.2, 0.25) is 0 Å². The summed E-state index contributed by atoms with van der Waals surface area (Å²) >= 11 is 1.69. The number of para-hydroxylation sites is 1. The van der Waals surface area contributed by atoms with Crippen molar-refractivity contribution in [1.82, 2.24) is 5.32 Å². The van der Waals surface area contributed by atoms with E-state index in [9.17, 15) is 4.79 Å². The smallest absolute Gasteiger partial charge is 0.253 e. The number of fused-ring (bicyclic) bond motifs is 2. The molecule has 108 valence electrons. The van der Waals surface area contributed by atoms with Crippen molar-refractivity contribution >= 4 is 34.7 Å². The predicted molar refractivity (Wildman–Crippen MR) is 88.0 cm³/mol. The topological polar surface area (TPSA) is 44.4 Å². The molecule has 0 radical (unpaired) electrons. The number of carbonyl (C=O) groups excluding carboxylic acids is 1. The number of anilines is 3. The first-order valence-electron chi connectivity index (χ1n) is 6.71. The van der Waals surface area contributed by atoms with Crippen LogP contribution in [0.15, 0.2) is 46.2 Å². The molecule has 2 aromatic rings. The summed E-state index contributed by atoms with van der Waals surface area (Å²) in [5, 5.41) is 6.07. The Bertz CT molecular complexity index is 713. The van der Waals surface area contributed by atoms with Gasteiger partial charge in [0.1, 0.15) is 0 Å². The van der Waals surface area contributed by atoms with Gasteiger partial charge in [0.05, 0.1) is 16.9 Å². The van der Waals surface area contributed by atoms with Crippen LogP contribution in [0.3, 0.4) is 0 Å². The fourth-order valence-electron chi connectivity index (χ4n) is 2.30. The van der Waals surface area contributed by atoms with Crippen LogP contribution in [-0.2, 0) is 0 Å². The second kappa shape index (κ2) is 5.33. The van der Waals surface area contributed by atoms with Gasteiger partial charge in [-0.1, -0.05) is 17.8 Å². The molecule has 0 saturated heterocycles. The van der Waals surface area contributed by atoms with E-state index in [1.54, 1.807) is 18.8 Å². The molecule has 0 aromatic heterocycles. The normalized spacial score (nSPS) is 12.0. The molecule has 0 unspecified atom stereocenters. The number of hydrogen-bond donors (Lipinski definition) is 2. The van der Waals surface area contributed by atoms with E-state index in [4.69, 9.17) is 0 Å². The van der Waals surface area contributed by atoms with Gasteiger partial charge in [-0.2, -0.15) is 0 Å². The average Bonchev–Trinajstić information content (AvgIpc) is 2.50. The Morgan fingerprint density at radius 2 is 2.00 bits per heavy atom. The van der Waals surface area contributed by atoms with Gasteiger partial charge >= 0.3 is 0 Å². The van der Waals surface area contributed by atoms with E-state index in [1.807, 2.05) is 32.3 Å². The summed E-state index contributed by atoms with van der Waals surface area (Å²) in [5.74, 6) is -0.0756. The molecule has 1 heterocycles. The standard InChI is InChI=1S/C16H17N3OS/c1-17-16(20)11-5-4-6-13-15(11)18-12-8-7-10(19(2)3)9-14(12)21-13/h4-9,18H,1-3H3,(H,17,20). The molecule has 2 aromatic carbocycles. The molecule has 1 aliphatic rings. The predicted octanol–water partition coefficient (Wildman–Crippen LogP) is 3.32. The zero-order valence-corrected chi connectivity index (χ0v) is 13.0. The molecular formula is C16H17N3OS. The van der Waals surface area contributed by atoms with Crippen LogP contribution in [0.5, 0.6) is 0 Å². The Morgan fingerprint density at radius 1 is 1.19 bits per heavy atom. The quantitative estimate of drug-likeness (QED) is 0.762. The van der Waals surface area contributed by atoms with Gasteiger partial charge in [0, 0.05) is 36.6 Å². The molecular weight excluding hydrogens is 282 g/mol. The van der Waals surface area contributed by atoms with E-state index in [0.717, 1.165) is 22.0 Å². The minimum Gasteiger partial charge on any atom is -0.378 e. The Hall–Kier alpha value is -2.14. The minimum absolute atomic E-state index is 0.0756. The maximum absolute atomic E-state index is 12.0. The molecule has 0 atom stereocenters. The third-order valence-corrected chi connectivity index (χ3v) is 4.58. The Kier molecular flexibility index (Phi) is 3.51. The highest BCUT2D eigenvalue weighted by molar-refractivity contribution is 7.99. The van der Waals surface area contributed by atoms with Crippen molar-refractivity contribution in [3.8, 4) is 0 Å². The van der Waals surface area contributed by atoms with Crippen molar-refractivity contribution in [2.45, 2.75) is 9.79 Å². The highest BCUT2D eigenvalue weighted by Crippen LogP contribution is 2.46. The number of nitrogens with one attached hydrogen (secondary N) is 2. The van der Waals surface area contributed by atoms with E-state index in [0.29, 0.717) is 5.56 Å². The van der Waals surface area contributed by atoms with Gasteiger partial charge < -0.3 is 15.5 Å². The lowest BCUT2D eigenvalue weighted by molar-refractivity contribution is 0.0964. The van der Waals surface area contributed by atoms with Crippen molar-refractivity contribution in [1.29, 1.82) is 0 Å². The number of hydrogen-bond acceptors (Lipinski definition) is 4. The molecule has 1 amide bonds. The van der Waals surface area contributed by atoms with Gasteiger partial charge in [-0.15, -0.1) is 0 Å². The number of benzene rings is 2. The number of amides is 1. The van der Waals surface area contributed by atoms with Gasteiger partial charge in [-0.25, -0.2) is 0 Å². The SMILES string of the molecule is CNC(=O)c1cccc2c1Nc1ccc(N(C)C)cc1S2. The molecule has 1 aliphatic heterocycles. The van der Waals surface area contributed by atoms with E-state index in [-0.39, 0.29) is 5.91 Å². The molecule has 5 heteroatoms. The molecule has 0 aliphatic carbocycles. The number of carbonyl (C=O) groups is 1. The van der Waals surface area contributed by atoms with Crippen LogP contribution in [0.4, 0.5) is 17.1 Å². The number of nitrogens with zero attached hydrogens (tertiary/aromatic N) is 1. The third kappa shape index (κ3) is 2.45. The van der Waals surface area contributed by atoms with E-state index >= 15 is 0 Å². The van der Waals surface area contributed by atoms with Gasteiger partial charge in [-0.05, 0) is 30.3 Å². The maximum Gasteiger partial charge on any atom is 0.253 e. The first kappa shape index (κ1) is 13.8. The fourth-order valence-corrected chi connectivity index (χ4v) is 3.35. The lowest BCUT2D eigenvalue weighted by Crippen LogP contribution is -2.20. The van der Waals surface area contributed by atoms with Gasteiger partial charge in [-0.3, -0.25) is 4.79 Å². The summed E-state index contributed by atoms with van der Waals surface area (Å²) in [6.45, 7) is 0. The molecule has 21 heavy (non-hydrogen) atoms. The first-order chi connectivity index (χ1) is 10.1. The van der Waals surface area contributed by atoms with Crippen LogP contribution in [0, 0.1) is 0 Å². The Labute approximate surface area is 128 Å². The van der Waals surface area contributed by atoms with E-state index in [1.165, 1.54) is 4.90 Å². The molecule has 3 rings (SSSR count). The second-order valence-electron chi connectivity index (χ2n) is 5.06. The molecule has 0 fully saturated rings. The Morgan fingerprint density at radius 3 is 2.71 bits per heavy atom. The zero-order chi connectivity index (χ0) is 15.0. The summed E-state index contributed by atoms with van der Waals surface area (Å²) in [7, 11) is 5.70. The largest absolute Gasteiger partial charge is 0.378 e. The van der Waals surface area contributed by atoms with Crippen LogP contribution >= 0.6 is 11.8 Å². The zero-order valence-electron chi connectivity index (χ0n) is 12.2. The lowest BCUT2D eigenvalue weighted by Gasteiger charge is -2.24. The van der Waals surface area contributed by atoms with Gasteiger partial charge in [0.25, 0.3) is 5.91 Å². The van der Waals surface area contributed by atoms with E-state index < -0.39 is 0 Å². The van der Waals surface area contributed by atoms with Crippen molar-refractivity contribution in [3.05, 3.63) is 42.0 Å². The summed E-state index contributed by atoms with van der Waals surface area (Å²) < 4.78 is 0.